The molecule has 0 aliphatic heterocycles. The number of sulfonamides is 1. The van der Waals surface area contributed by atoms with Crippen molar-refractivity contribution >= 4 is 37.6 Å². The van der Waals surface area contributed by atoms with Crippen LogP contribution in [-0.2, 0) is 10.0 Å². The fourth-order valence-corrected chi connectivity index (χ4v) is 3.80. The maximum absolute atomic E-state index is 12.1. The average molecular weight is 341 g/mol. The summed E-state index contributed by atoms with van der Waals surface area (Å²) < 4.78 is 27.6. The van der Waals surface area contributed by atoms with Crippen molar-refractivity contribution in [1.82, 2.24) is 4.72 Å². The van der Waals surface area contributed by atoms with E-state index in [1.165, 1.54) is 0 Å². The van der Waals surface area contributed by atoms with Crippen molar-refractivity contribution in [3.8, 4) is 0 Å². The van der Waals surface area contributed by atoms with Gasteiger partial charge in [0.15, 0.2) is 0 Å². The molecule has 0 aliphatic rings. The quantitative estimate of drug-likeness (QED) is 0.896. The Bertz CT molecular complexity index is 535. The summed E-state index contributed by atoms with van der Waals surface area (Å²) in [5, 5.41) is 0.208. The number of aryl methyl sites for hydroxylation is 1. The van der Waals surface area contributed by atoms with Crippen molar-refractivity contribution in [1.29, 1.82) is 0 Å². The van der Waals surface area contributed by atoms with Gasteiger partial charge < -0.3 is 0 Å². The van der Waals surface area contributed by atoms with E-state index in [-0.39, 0.29) is 9.92 Å². The van der Waals surface area contributed by atoms with Crippen LogP contribution in [0.3, 0.4) is 0 Å². The minimum absolute atomic E-state index is 0.106. The number of rotatable bonds is 2. The van der Waals surface area contributed by atoms with Gasteiger partial charge in [0.25, 0.3) is 0 Å². The van der Waals surface area contributed by atoms with E-state index in [2.05, 4.69) is 20.7 Å². The van der Waals surface area contributed by atoms with Gasteiger partial charge in [-0.3, -0.25) is 0 Å². The van der Waals surface area contributed by atoms with E-state index in [1.54, 1.807) is 32.9 Å². The lowest BCUT2D eigenvalue weighted by atomic mass is 10.1. The SMILES string of the molecule is Cc1cc(S(=O)(=O)NC(C)(C)C)c(Cl)cc1Br. The first-order valence-electron chi connectivity index (χ1n) is 5.02. The molecule has 0 atom stereocenters. The highest BCUT2D eigenvalue weighted by atomic mass is 79.9. The van der Waals surface area contributed by atoms with Gasteiger partial charge in [0.1, 0.15) is 4.90 Å². The lowest BCUT2D eigenvalue weighted by Crippen LogP contribution is -2.40. The first-order valence-corrected chi connectivity index (χ1v) is 7.68. The molecule has 3 nitrogen and oxygen atoms in total. The Balaban J connectivity index is 3.30. The predicted octanol–water partition coefficient (Wildman–Crippen LogP) is 3.49. The summed E-state index contributed by atoms with van der Waals surface area (Å²) >= 11 is 9.27. The van der Waals surface area contributed by atoms with Crippen molar-refractivity contribution in [2.45, 2.75) is 38.1 Å². The third-order valence-electron chi connectivity index (χ3n) is 1.94. The molecular weight excluding hydrogens is 326 g/mol. The smallest absolute Gasteiger partial charge is 0.207 e. The van der Waals surface area contributed by atoms with Gasteiger partial charge in [0.2, 0.25) is 10.0 Å². The molecule has 1 aromatic carbocycles. The number of benzene rings is 1. The zero-order chi connectivity index (χ0) is 13.4. The van der Waals surface area contributed by atoms with Crippen LogP contribution in [0.4, 0.5) is 0 Å². The minimum Gasteiger partial charge on any atom is -0.207 e. The summed E-state index contributed by atoms with van der Waals surface area (Å²) in [6.45, 7) is 7.16. The van der Waals surface area contributed by atoms with Crippen LogP contribution >= 0.6 is 27.5 Å². The summed E-state index contributed by atoms with van der Waals surface area (Å²) in [6, 6.07) is 3.15. The summed E-state index contributed by atoms with van der Waals surface area (Å²) in [4.78, 5) is 0.106. The topological polar surface area (TPSA) is 46.2 Å². The van der Waals surface area contributed by atoms with Crippen molar-refractivity contribution in [3.63, 3.8) is 0 Å². The van der Waals surface area contributed by atoms with Crippen molar-refractivity contribution in [2.75, 3.05) is 0 Å². The van der Waals surface area contributed by atoms with E-state index in [4.69, 9.17) is 11.6 Å². The largest absolute Gasteiger partial charge is 0.242 e. The Morgan fingerprint density at radius 2 is 1.82 bits per heavy atom. The molecular formula is C11H15BrClNO2S. The van der Waals surface area contributed by atoms with E-state index < -0.39 is 15.6 Å². The van der Waals surface area contributed by atoms with Gasteiger partial charge in [-0.25, -0.2) is 13.1 Å². The first kappa shape index (κ1) is 15.0. The molecule has 1 aromatic rings. The standard InChI is InChI=1S/C11H15BrClNO2S/c1-7-5-10(9(13)6-8(7)12)17(15,16)14-11(2,3)4/h5-6,14H,1-4H3. The van der Waals surface area contributed by atoms with Crippen LogP contribution in [-0.4, -0.2) is 14.0 Å². The second-order valence-electron chi connectivity index (χ2n) is 4.89. The van der Waals surface area contributed by atoms with E-state index in [0.29, 0.717) is 0 Å². The van der Waals surface area contributed by atoms with Gasteiger partial charge in [-0.15, -0.1) is 0 Å². The van der Waals surface area contributed by atoms with Gasteiger partial charge in [0, 0.05) is 10.0 Å². The molecule has 0 radical (unpaired) electrons. The highest BCUT2D eigenvalue weighted by Crippen LogP contribution is 2.28. The Morgan fingerprint density at radius 1 is 1.29 bits per heavy atom. The Hall–Kier alpha value is -0.100. The number of nitrogens with one attached hydrogen (secondary N) is 1. The lowest BCUT2D eigenvalue weighted by Gasteiger charge is -2.21. The molecule has 0 amide bonds. The predicted molar refractivity (Wildman–Crippen MR) is 74.0 cm³/mol. The van der Waals surface area contributed by atoms with Crippen molar-refractivity contribution < 1.29 is 8.42 Å². The molecule has 0 saturated carbocycles. The first-order chi connectivity index (χ1) is 7.53. The highest BCUT2D eigenvalue weighted by Gasteiger charge is 2.24. The fraction of sp³-hybridized carbons (Fsp3) is 0.455. The van der Waals surface area contributed by atoms with Crippen LogP contribution in [0, 0.1) is 6.92 Å². The van der Waals surface area contributed by atoms with Crippen LogP contribution in [0.1, 0.15) is 26.3 Å². The van der Waals surface area contributed by atoms with Crippen molar-refractivity contribution in [3.05, 3.63) is 27.2 Å². The third kappa shape index (κ3) is 3.95. The van der Waals surface area contributed by atoms with Gasteiger partial charge >= 0.3 is 0 Å². The van der Waals surface area contributed by atoms with Crippen LogP contribution in [0.2, 0.25) is 5.02 Å². The molecule has 0 aliphatic carbocycles. The number of halogens is 2. The average Bonchev–Trinajstić information content (AvgIpc) is 2.06. The summed E-state index contributed by atoms with van der Waals surface area (Å²) in [7, 11) is -3.59. The molecule has 0 bridgehead atoms. The minimum atomic E-state index is -3.59. The normalized spacial score (nSPS) is 12.8. The second kappa shape index (κ2) is 4.88. The molecule has 0 heterocycles. The van der Waals surface area contributed by atoms with Crippen LogP contribution in [0.25, 0.3) is 0 Å². The highest BCUT2D eigenvalue weighted by molar-refractivity contribution is 9.10. The summed E-state index contributed by atoms with van der Waals surface area (Å²) in [5.74, 6) is 0. The lowest BCUT2D eigenvalue weighted by molar-refractivity contribution is 0.491. The van der Waals surface area contributed by atoms with E-state index in [0.717, 1.165) is 10.0 Å². The molecule has 6 heteroatoms. The van der Waals surface area contributed by atoms with Gasteiger partial charge in [-0.05, 0) is 45.4 Å². The molecule has 0 aromatic heterocycles. The molecule has 0 unspecified atom stereocenters. The zero-order valence-corrected chi connectivity index (χ0v) is 13.3. The zero-order valence-electron chi connectivity index (χ0n) is 10.1. The van der Waals surface area contributed by atoms with E-state index in [1.807, 2.05) is 6.92 Å². The van der Waals surface area contributed by atoms with Gasteiger partial charge in [-0.2, -0.15) is 0 Å². The van der Waals surface area contributed by atoms with Gasteiger partial charge in [-0.1, -0.05) is 27.5 Å². The Morgan fingerprint density at radius 3 is 2.29 bits per heavy atom. The maximum atomic E-state index is 12.1. The summed E-state index contributed by atoms with van der Waals surface area (Å²) in [6.07, 6.45) is 0. The Labute approximate surface area is 116 Å². The Kier molecular flexibility index (Phi) is 4.29. The molecule has 1 N–H and O–H groups in total. The molecule has 0 spiro atoms. The molecule has 0 saturated heterocycles. The summed E-state index contributed by atoms with van der Waals surface area (Å²) in [5.41, 5.74) is 0.284. The van der Waals surface area contributed by atoms with Crippen molar-refractivity contribution in [2.24, 2.45) is 0 Å². The maximum Gasteiger partial charge on any atom is 0.242 e. The van der Waals surface area contributed by atoms with Gasteiger partial charge in [0.05, 0.1) is 5.02 Å². The molecule has 17 heavy (non-hydrogen) atoms. The molecule has 96 valence electrons. The second-order valence-corrected chi connectivity index (χ2v) is 7.80. The van der Waals surface area contributed by atoms with Crippen LogP contribution in [0.15, 0.2) is 21.5 Å². The fourth-order valence-electron chi connectivity index (χ4n) is 1.29. The molecule has 1 rings (SSSR count). The van der Waals surface area contributed by atoms with Crippen LogP contribution in [0.5, 0.6) is 0 Å². The van der Waals surface area contributed by atoms with E-state index in [9.17, 15) is 8.42 Å². The monoisotopic (exact) mass is 339 g/mol. The van der Waals surface area contributed by atoms with Crippen LogP contribution < -0.4 is 4.72 Å². The third-order valence-corrected chi connectivity index (χ3v) is 5.02. The van der Waals surface area contributed by atoms with E-state index >= 15 is 0 Å². The molecule has 0 fully saturated rings. The number of hydrogen-bond donors (Lipinski definition) is 1. The number of hydrogen-bond acceptors (Lipinski definition) is 2.